The van der Waals surface area contributed by atoms with Gasteiger partial charge in [-0.3, -0.25) is 9.98 Å². The lowest BCUT2D eigenvalue weighted by molar-refractivity contribution is 0.480. The zero-order chi connectivity index (χ0) is 17.5. The van der Waals surface area contributed by atoms with Crippen molar-refractivity contribution in [1.82, 2.24) is 10.2 Å². The Morgan fingerprint density at radius 1 is 1.46 bits per heavy atom. The Morgan fingerprint density at radius 3 is 2.88 bits per heavy atom. The fourth-order valence-corrected chi connectivity index (χ4v) is 3.79. The van der Waals surface area contributed by atoms with E-state index in [4.69, 9.17) is 4.99 Å². The van der Waals surface area contributed by atoms with Gasteiger partial charge in [-0.1, -0.05) is 30.5 Å². The third-order valence-corrected chi connectivity index (χ3v) is 5.08. The fraction of sp³-hybridized carbons (Fsp3) is 0.474. The van der Waals surface area contributed by atoms with Gasteiger partial charge in [-0.05, 0) is 51.3 Å². The topological polar surface area (TPSA) is 40.0 Å². The van der Waals surface area contributed by atoms with E-state index in [1.165, 1.54) is 11.3 Å². The Kier molecular flexibility index (Phi) is 7.06. The summed E-state index contributed by atoms with van der Waals surface area (Å²) in [6, 6.07) is 0. The molecule has 1 unspecified atom stereocenters. The summed E-state index contributed by atoms with van der Waals surface area (Å²) in [5.41, 5.74) is 3.65. The van der Waals surface area contributed by atoms with E-state index in [1.807, 2.05) is 40.1 Å². The van der Waals surface area contributed by atoms with Gasteiger partial charge in [0.1, 0.15) is 5.84 Å². The summed E-state index contributed by atoms with van der Waals surface area (Å²) in [5, 5.41) is 5.37. The van der Waals surface area contributed by atoms with Crippen molar-refractivity contribution in [3.8, 4) is 0 Å². The molecule has 5 heteroatoms. The molecular weight excluding hydrogens is 316 g/mol. The first-order valence-electron chi connectivity index (χ1n) is 8.41. The standard InChI is InChI=1S/C19H28N4S/c1-6-8-17(21-5)16-12-22-19(14(3)24-9-7-2)23-13-15(11-20-4)10-18(16)23/h6-9,15,20H,3,10-13H2,1-2,4-5H3/b8-6-,9-7-,21-17?. The van der Waals surface area contributed by atoms with Crippen LogP contribution in [0.5, 0.6) is 0 Å². The van der Waals surface area contributed by atoms with Crippen molar-refractivity contribution in [2.75, 3.05) is 33.7 Å². The van der Waals surface area contributed by atoms with Crippen molar-refractivity contribution in [1.29, 1.82) is 0 Å². The summed E-state index contributed by atoms with van der Waals surface area (Å²) in [4.78, 5) is 12.7. The lowest BCUT2D eigenvalue weighted by Crippen LogP contribution is -2.34. The van der Waals surface area contributed by atoms with Crippen molar-refractivity contribution in [3.63, 3.8) is 0 Å². The summed E-state index contributed by atoms with van der Waals surface area (Å²) in [6.07, 6.45) is 7.21. The minimum atomic E-state index is 0.589. The Hall–Kier alpha value is -1.59. The van der Waals surface area contributed by atoms with Crippen molar-refractivity contribution < 1.29 is 0 Å². The summed E-state index contributed by atoms with van der Waals surface area (Å²) in [5.74, 6) is 1.61. The van der Waals surface area contributed by atoms with Gasteiger partial charge in [0, 0.05) is 29.8 Å². The molecule has 0 aromatic carbocycles. The van der Waals surface area contributed by atoms with E-state index >= 15 is 0 Å². The van der Waals surface area contributed by atoms with Crippen molar-refractivity contribution in [2.45, 2.75) is 20.3 Å². The Labute approximate surface area is 150 Å². The van der Waals surface area contributed by atoms with Crippen LogP contribution in [-0.4, -0.2) is 50.2 Å². The average Bonchev–Trinajstić information content (AvgIpc) is 3.00. The highest BCUT2D eigenvalue weighted by molar-refractivity contribution is 8.06. The quantitative estimate of drug-likeness (QED) is 0.717. The number of amidine groups is 1. The smallest absolute Gasteiger partial charge is 0.141 e. The molecule has 0 aliphatic carbocycles. The van der Waals surface area contributed by atoms with Crippen LogP contribution in [0.3, 0.4) is 0 Å². The van der Waals surface area contributed by atoms with E-state index in [2.05, 4.69) is 33.3 Å². The van der Waals surface area contributed by atoms with Gasteiger partial charge in [0.15, 0.2) is 0 Å². The monoisotopic (exact) mass is 344 g/mol. The van der Waals surface area contributed by atoms with Gasteiger partial charge in [0.2, 0.25) is 0 Å². The first-order valence-corrected chi connectivity index (χ1v) is 9.29. The van der Waals surface area contributed by atoms with Crippen LogP contribution in [0.15, 0.2) is 56.4 Å². The van der Waals surface area contributed by atoms with Gasteiger partial charge in [-0.2, -0.15) is 0 Å². The molecule has 2 aliphatic heterocycles. The van der Waals surface area contributed by atoms with Crippen LogP contribution >= 0.6 is 11.8 Å². The largest absolute Gasteiger partial charge is 0.329 e. The van der Waals surface area contributed by atoms with Gasteiger partial charge < -0.3 is 10.2 Å². The highest BCUT2D eigenvalue weighted by Gasteiger charge is 2.35. The molecule has 130 valence electrons. The predicted molar refractivity (Wildman–Crippen MR) is 108 cm³/mol. The van der Waals surface area contributed by atoms with Crippen molar-refractivity contribution in [2.24, 2.45) is 15.9 Å². The number of fused-ring (bicyclic) bond motifs is 1. The van der Waals surface area contributed by atoms with Gasteiger partial charge >= 0.3 is 0 Å². The van der Waals surface area contributed by atoms with Crippen molar-refractivity contribution in [3.05, 3.63) is 46.4 Å². The van der Waals surface area contributed by atoms with Crippen LogP contribution in [0.4, 0.5) is 0 Å². The Bertz CT molecular complexity index is 625. The maximum atomic E-state index is 4.85. The van der Waals surface area contributed by atoms with Gasteiger partial charge in [0.25, 0.3) is 0 Å². The molecule has 1 atom stereocenters. The molecule has 24 heavy (non-hydrogen) atoms. The number of rotatable bonds is 7. The molecule has 1 N–H and O–H groups in total. The first-order chi connectivity index (χ1) is 11.7. The molecule has 2 rings (SSSR count). The van der Waals surface area contributed by atoms with Gasteiger partial charge in [0.05, 0.1) is 12.3 Å². The van der Waals surface area contributed by atoms with E-state index < -0.39 is 0 Å². The highest BCUT2D eigenvalue weighted by atomic mass is 32.2. The van der Waals surface area contributed by atoms with E-state index in [9.17, 15) is 0 Å². The molecule has 0 amide bonds. The van der Waals surface area contributed by atoms with Crippen LogP contribution < -0.4 is 5.32 Å². The maximum Gasteiger partial charge on any atom is 0.141 e. The Balaban J connectivity index is 2.35. The Morgan fingerprint density at radius 2 is 2.25 bits per heavy atom. The van der Waals surface area contributed by atoms with E-state index in [0.29, 0.717) is 12.5 Å². The van der Waals surface area contributed by atoms with Crippen LogP contribution in [0.2, 0.25) is 0 Å². The number of thioether (sulfide) groups is 1. The summed E-state index contributed by atoms with van der Waals surface area (Å²) in [6.45, 7) is 11.0. The summed E-state index contributed by atoms with van der Waals surface area (Å²) < 4.78 is 0. The number of hydrogen-bond acceptors (Lipinski definition) is 5. The molecule has 2 aliphatic rings. The molecule has 1 saturated heterocycles. The number of nitrogens with one attached hydrogen (secondary N) is 1. The third kappa shape index (κ3) is 4.08. The first kappa shape index (κ1) is 18.7. The lowest BCUT2D eigenvalue weighted by Gasteiger charge is -2.29. The molecule has 0 radical (unpaired) electrons. The van der Waals surface area contributed by atoms with Crippen LogP contribution in [0.25, 0.3) is 0 Å². The average molecular weight is 345 g/mol. The fourth-order valence-electron chi connectivity index (χ4n) is 3.21. The van der Waals surface area contributed by atoms with Crippen LogP contribution in [0, 0.1) is 5.92 Å². The number of nitrogens with zero attached hydrogens (tertiary/aromatic N) is 3. The second kappa shape index (κ2) is 9.04. The maximum absolute atomic E-state index is 4.85. The van der Waals surface area contributed by atoms with E-state index in [0.717, 1.165) is 36.0 Å². The molecule has 4 nitrogen and oxygen atoms in total. The van der Waals surface area contributed by atoms with Crippen LogP contribution in [-0.2, 0) is 0 Å². The number of aliphatic imine (C=N–C) groups is 2. The third-order valence-electron chi connectivity index (χ3n) is 4.20. The molecule has 0 saturated carbocycles. The molecule has 1 fully saturated rings. The van der Waals surface area contributed by atoms with E-state index in [-0.39, 0.29) is 0 Å². The second-order valence-electron chi connectivity index (χ2n) is 5.92. The highest BCUT2D eigenvalue weighted by Crippen LogP contribution is 2.35. The SMILES string of the molecule is C=C(S/C=C\C)C1=NCC(C(/C=C\C)=NC)=C2CC(CNC)CN12. The van der Waals surface area contributed by atoms with Gasteiger partial charge in [-0.15, -0.1) is 0 Å². The zero-order valence-electron chi connectivity index (χ0n) is 15.2. The van der Waals surface area contributed by atoms with Crippen LogP contribution in [0.1, 0.15) is 20.3 Å². The molecule has 0 aromatic rings. The lowest BCUT2D eigenvalue weighted by atomic mass is 10.0. The second-order valence-corrected chi connectivity index (χ2v) is 6.92. The van der Waals surface area contributed by atoms with Gasteiger partial charge in [-0.25, -0.2) is 0 Å². The molecule has 0 bridgehead atoms. The normalized spacial score (nSPS) is 21.8. The zero-order valence-corrected chi connectivity index (χ0v) is 16.0. The predicted octanol–water partition coefficient (Wildman–Crippen LogP) is 3.62. The summed E-state index contributed by atoms with van der Waals surface area (Å²) >= 11 is 1.64. The molecular formula is C19H28N4S. The minimum Gasteiger partial charge on any atom is -0.329 e. The minimum absolute atomic E-state index is 0.589. The van der Waals surface area contributed by atoms with E-state index in [1.54, 1.807) is 11.8 Å². The summed E-state index contributed by atoms with van der Waals surface area (Å²) in [7, 11) is 3.87. The molecule has 0 spiro atoms. The molecule has 2 heterocycles. The number of hydrogen-bond donors (Lipinski definition) is 1. The van der Waals surface area contributed by atoms with Crippen molar-refractivity contribution >= 4 is 23.3 Å². The molecule has 0 aromatic heterocycles. The number of allylic oxidation sites excluding steroid dienone is 4.